The zero-order valence-corrected chi connectivity index (χ0v) is 13.2. The van der Waals surface area contributed by atoms with Crippen LogP contribution in [-0.4, -0.2) is 22.8 Å². The number of nitrogens with one attached hydrogen (secondary N) is 1. The molecule has 0 saturated carbocycles. The van der Waals surface area contributed by atoms with E-state index in [0.29, 0.717) is 16.3 Å². The number of halogens is 1. The zero-order valence-electron chi connectivity index (χ0n) is 12.5. The average Bonchev–Trinajstić information content (AvgIpc) is 2.79. The number of amides is 1. The monoisotopic (exact) mass is 307 g/mol. The van der Waals surface area contributed by atoms with Crippen LogP contribution in [0.2, 0.25) is 5.02 Å². The maximum absolute atomic E-state index is 12.4. The Hall–Kier alpha value is -2.01. The van der Waals surface area contributed by atoms with E-state index in [1.165, 1.54) is 7.11 Å². The lowest BCUT2D eigenvalue weighted by Gasteiger charge is -2.15. The molecule has 1 unspecified atom stereocenters. The second-order valence-electron chi connectivity index (χ2n) is 4.85. The summed E-state index contributed by atoms with van der Waals surface area (Å²) in [6.45, 7) is 3.88. The third-order valence-electron chi connectivity index (χ3n) is 3.49. The summed E-state index contributed by atoms with van der Waals surface area (Å²) in [5, 5.41) is 7.61. The predicted octanol–water partition coefficient (Wildman–Crippen LogP) is 2.88. The van der Waals surface area contributed by atoms with Crippen molar-refractivity contribution < 1.29 is 9.53 Å². The Bertz CT molecular complexity index is 667. The fourth-order valence-electron chi connectivity index (χ4n) is 2.15. The van der Waals surface area contributed by atoms with Gasteiger partial charge in [-0.1, -0.05) is 11.6 Å². The number of rotatable bonds is 4. The molecule has 1 atom stereocenters. The topological polar surface area (TPSA) is 56.1 Å². The molecule has 1 N–H and O–H groups in total. The Morgan fingerprint density at radius 3 is 2.76 bits per heavy atom. The van der Waals surface area contributed by atoms with E-state index in [9.17, 15) is 4.79 Å². The smallest absolute Gasteiger partial charge is 0.255 e. The third kappa shape index (κ3) is 3.19. The van der Waals surface area contributed by atoms with Crippen LogP contribution in [0, 0.1) is 6.92 Å². The summed E-state index contributed by atoms with van der Waals surface area (Å²) in [6.07, 6.45) is 1.76. The Balaban J connectivity index is 2.22. The lowest BCUT2D eigenvalue weighted by Crippen LogP contribution is -2.27. The number of aromatic nitrogens is 2. The highest BCUT2D eigenvalue weighted by molar-refractivity contribution is 6.31. The van der Waals surface area contributed by atoms with Crippen molar-refractivity contribution in [2.75, 3.05) is 7.11 Å². The molecule has 0 aliphatic carbocycles. The number of carbonyl (C=O) groups is 1. The molecule has 1 heterocycles. The van der Waals surface area contributed by atoms with E-state index < -0.39 is 0 Å². The second-order valence-corrected chi connectivity index (χ2v) is 5.29. The minimum Gasteiger partial charge on any atom is -0.496 e. The molecule has 21 heavy (non-hydrogen) atoms. The van der Waals surface area contributed by atoms with Crippen LogP contribution >= 0.6 is 11.6 Å². The molecule has 0 radical (unpaired) electrons. The van der Waals surface area contributed by atoms with Gasteiger partial charge in [0.05, 0.1) is 24.9 Å². The van der Waals surface area contributed by atoms with Crippen LogP contribution in [0.5, 0.6) is 5.75 Å². The van der Waals surface area contributed by atoms with Gasteiger partial charge in [0.25, 0.3) is 5.91 Å². The molecular formula is C15H18ClN3O2. The van der Waals surface area contributed by atoms with Crippen LogP contribution in [-0.2, 0) is 7.05 Å². The molecule has 0 saturated heterocycles. The molecule has 0 spiro atoms. The van der Waals surface area contributed by atoms with Crippen molar-refractivity contribution in [1.82, 2.24) is 15.1 Å². The zero-order chi connectivity index (χ0) is 15.6. The van der Waals surface area contributed by atoms with E-state index in [1.807, 2.05) is 20.9 Å². The van der Waals surface area contributed by atoms with Crippen LogP contribution in [0.1, 0.15) is 34.6 Å². The van der Waals surface area contributed by atoms with Crippen LogP contribution < -0.4 is 10.1 Å². The molecule has 0 fully saturated rings. The van der Waals surface area contributed by atoms with Crippen molar-refractivity contribution >= 4 is 17.5 Å². The molecular weight excluding hydrogens is 290 g/mol. The second kappa shape index (κ2) is 6.18. The highest BCUT2D eigenvalue weighted by Gasteiger charge is 2.18. The average molecular weight is 308 g/mol. The fourth-order valence-corrected chi connectivity index (χ4v) is 2.32. The highest BCUT2D eigenvalue weighted by Crippen LogP contribution is 2.24. The summed E-state index contributed by atoms with van der Waals surface area (Å²) in [6, 6.07) is 4.80. The van der Waals surface area contributed by atoms with Crippen LogP contribution in [0.4, 0.5) is 0 Å². The summed E-state index contributed by atoms with van der Waals surface area (Å²) in [5.41, 5.74) is 2.41. The summed E-state index contributed by atoms with van der Waals surface area (Å²) in [7, 11) is 3.39. The normalized spacial score (nSPS) is 12.0. The lowest BCUT2D eigenvalue weighted by molar-refractivity contribution is 0.0937. The van der Waals surface area contributed by atoms with Crippen molar-refractivity contribution in [1.29, 1.82) is 0 Å². The van der Waals surface area contributed by atoms with E-state index in [-0.39, 0.29) is 11.9 Å². The van der Waals surface area contributed by atoms with E-state index in [1.54, 1.807) is 29.1 Å². The van der Waals surface area contributed by atoms with Crippen molar-refractivity contribution in [3.05, 3.63) is 46.2 Å². The molecule has 0 aliphatic heterocycles. The third-order valence-corrected chi connectivity index (χ3v) is 3.73. The van der Waals surface area contributed by atoms with Gasteiger partial charge in [-0.05, 0) is 32.0 Å². The van der Waals surface area contributed by atoms with Gasteiger partial charge in [0, 0.05) is 23.3 Å². The van der Waals surface area contributed by atoms with E-state index >= 15 is 0 Å². The largest absolute Gasteiger partial charge is 0.496 e. The molecule has 0 aliphatic rings. The number of aryl methyl sites for hydroxylation is 1. The number of methoxy groups -OCH3 is 1. The van der Waals surface area contributed by atoms with Gasteiger partial charge in [-0.15, -0.1) is 0 Å². The summed E-state index contributed by atoms with van der Waals surface area (Å²) >= 11 is 5.95. The van der Waals surface area contributed by atoms with Crippen molar-refractivity contribution in [3.8, 4) is 5.75 Å². The number of nitrogens with zero attached hydrogens (tertiary/aromatic N) is 2. The standard InChI is InChI=1S/C15H18ClN3O2/c1-9(13-8-17-19(3)10(13)2)18-15(20)12-7-11(16)5-6-14(12)21-4/h5-9H,1-4H3,(H,18,20). The predicted molar refractivity (Wildman–Crippen MR) is 81.8 cm³/mol. The summed E-state index contributed by atoms with van der Waals surface area (Å²) < 4.78 is 6.98. The van der Waals surface area contributed by atoms with Gasteiger partial charge in [0.15, 0.2) is 0 Å². The first-order chi connectivity index (χ1) is 9.93. The van der Waals surface area contributed by atoms with E-state index in [0.717, 1.165) is 11.3 Å². The number of benzene rings is 1. The first-order valence-corrected chi connectivity index (χ1v) is 6.94. The van der Waals surface area contributed by atoms with Crippen LogP contribution in [0.15, 0.2) is 24.4 Å². The number of hydrogen-bond donors (Lipinski definition) is 1. The van der Waals surface area contributed by atoms with Gasteiger partial charge in [-0.2, -0.15) is 5.10 Å². The first kappa shape index (κ1) is 15.4. The Morgan fingerprint density at radius 1 is 1.48 bits per heavy atom. The van der Waals surface area contributed by atoms with Gasteiger partial charge < -0.3 is 10.1 Å². The van der Waals surface area contributed by atoms with Gasteiger partial charge >= 0.3 is 0 Å². The van der Waals surface area contributed by atoms with Crippen LogP contribution in [0.25, 0.3) is 0 Å². The molecule has 1 aromatic heterocycles. The van der Waals surface area contributed by atoms with E-state index in [2.05, 4.69) is 10.4 Å². The lowest BCUT2D eigenvalue weighted by atomic mass is 10.1. The molecule has 2 aromatic rings. The molecule has 1 aromatic carbocycles. The number of ether oxygens (including phenoxy) is 1. The Labute approximate surface area is 128 Å². The molecule has 2 rings (SSSR count). The van der Waals surface area contributed by atoms with Gasteiger partial charge in [-0.25, -0.2) is 0 Å². The number of carbonyl (C=O) groups excluding carboxylic acids is 1. The van der Waals surface area contributed by atoms with Crippen molar-refractivity contribution in [3.63, 3.8) is 0 Å². The highest BCUT2D eigenvalue weighted by atomic mass is 35.5. The number of hydrogen-bond acceptors (Lipinski definition) is 3. The Kier molecular flexibility index (Phi) is 4.53. The fraction of sp³-hybridized carbons (Fsp3) is 0.333. The summed E-state index contributed by atoms with van der Waals surface area (Å²) in [4.78, 5) is 12.4. The van der Waals surface area contributed by atoms with Gasteiger partial charge in [-0.3, -0.25) is 9.48 Å². The first-order valence-electron chi connectivity index (χ1n) is 6.57. The van der Waals surface area contributed by atoms with Crippen LogP contribution in [0.3, 0.4) is 0 Å². The Morgan fingerprint density at radius 2 is 2.19 bits per heavy atom. The molecule has 5 nitrogen and oxygen atoms in total. The van der Waals surface area contributed by atoms with Gasteiger partial charge in [0.1, 0.15) is 5.75 Å². The maximum Gasteiger partial charge on any atom is 0.255 e. The van der Waals surface area contributed by atoms with Crippen molar-refractivity contribution in [2.45, 2.75) is 19.9 Å². The minimum absolute atomic E-state index is 0.158. The molecule has 1 amide bonds. The molecule has 0 bridgehead atoms. The molecule has 112 valence electrons. The SMILES string of the molecule is COc1ccc(Cl)cc1C(=O)NC(C)c1cnn(C)c1C. The van der Waals surface area contributed by atoms with E-state index in [4.69, 9.17) is 16.3 Å². The maximum atomic E-state index is 12.4. The van der Waals surface area contributed by atoms with Crippen molar-refractivity contribution in [2.24, 2.45) is 7.05 Å². The van der Waals surface area contributed by atoms with Gasteiger partial charge in [0.2, 0.25) is 0 Å². The minimum atomic E-state index is -0.231. The molecule has 6 heteroatoms. The summed E-state index contributed by atoms with van der Waals surface area (Å²) in [5.74, 6) is 0.261. The quantitative estimate of drug-likeness (QED) is 0.945.